The van der Waals surface area contributed by atoms with Gasteiger partial charge >= 0.3 is 6.18 Å². The highest BCUT2D eigenvalue weighted by atomic mass is 19.4. The van der Waals surface area contributed by atoms with Crippen LogP contribution in [0.1, 0.15) is 52.6 Å². The van der Waals surface area contributed by atoms with E-state index in [0.29, 0.717) is 25.2 Å². The second-order valence-electron chi connectivity index (χ2n) is 9.96. The Kier molecular flexibility index (Phi) is 8.12. The van der Waals surface area contributed by atoms with Crippen LogP contribution in [0.15, 0.2) is 48.2 Å². The molecule has 0 radical (unpaired) electrons. The van der Waals surface area contributed by atoms with Crippen LogP contribution in [-0.4, -0.2) is 71.9 Å². The van der Waals surface area contributed by atoms with Crippen LogP contribution in [0.5, 0.6) is 0 Å². The molecular weight excluding hydrogens is 467 g/mol. The lowest BCUT2D eigenvalue weighted by Gasteiger charge is -2.32. The molecule has 1 N–H and O–H groups in total. The lowest BCUT2D eigenvalue weighted by molar-refractivity contribution is -0.137. The summed E-state index contributed by atoms with van der Waals surface area (Å²) < 4.78 is 38.8. The molecule has 0 saturated carbocycles. The topological polar surface area (TPSA) is 51.7 Å². The summed E-state index contributed by atoms with van der Waals surface area (Å²) in [5, 5.41) is 3.01. The van der Waals surface area contributed by atoms with E-state index in [2.05, 4.69) is 38.1 Å². The quantitative estimate of drug-likeness (QED) is 0.579. The third-order valence-electron chi connectivity index (χ3n) is 6.78. The highest BCUT2D eigenvalue weighted by molar-refractivity contribution is 5.94. The molecule has 1 fully saturated rings. The molecule has 36 heavy (non-hydrogen) atoms. The maximum Gasteiger partial charge on any atom is 0.416 e. The molecule has 2 aliphatic heterocycles. The first-order chi connectivity index (χ1) is 17.1. The van der Waals surface area contributed by atoms with E-state index >= 15 is 0 Å². The molecule has 1 saturated heterocycles. The van der Waals surface area contributed by atoms with Crippen molar-refractivity contribution in [1.29, 1.82) is 0 Å². The first-order valence-corrected chi connectivity index (χ1v) is 12.3. The fourth-order valence-corrected chi connectivity index (χ4v) is 4.72. The van der Waals surface area contributed by atoms with Gasteiger partial charge in [0, 0.05) is 58.6 Å². The van der Waals surface area contributed by atoms with Crippen LogP contribution in [0.2, 0.25) is 0 Å². The summed E-state index contributed by atoms with van der Waals surface area (Å²) in [6, 6.07) is 7.10. The summed E-state index contributed by atoms with van der Waals surface area (Å²) in [7, 11) is 2.12. The third kappa shape index (κ3) is 6.52. The zero-order valence-electron chi connectivity index (χ0n) is 21.1. The van der Waals surface area contributed by atoms with Crippen molar-refractivity contribution in [2.45, 2.75) is 39.2 Å². The van der Waals surface area contributed by atoms with Gasteiger partial charge in [0.05, 0.1) is 22.9 Å². The number of amides is 1. The predicted octanol–water partition coefficient (Wildman–Crippen LogP) is 4.10. The number of halogens is 3. The largest absolute Gasteiger partial charge is 0.416 e. The maximum atomic E-state index is 12.9. The third-order valence-corrected chi connectivity index (χ3v) is 6.78. The van der Waals surface area contributed by atoms with Gasteiger partial charge in [0.2, 0.25) is 0 Å². The van der Waals surface area contributed by atoms with Crippen LogP contribution < -0.4 is 5.32 Å². The zero-order chi connectivity index (χ0) is 25.9. The fourth-order valence-electron chi connectivity index (χ4n) is 4.72. The van der Waals surface area contributed by atoms with Gasteiger partial charge in [-0.15, -0.1) is 0 Å². The van der Waals surface area contributed by atoms with Gasteiger partial charge < -0.3 is 10.2 Å². The summed E-state index contributed by atoms with van der Waals surface area (Å²) in [5.41, 5.74) is 3.65. The van der Waals surface area contributed by atoms with Crippen molar-refractivity contribution in [2.24, 2.45) is 0 Å². The molecule has 1 amide bonds. The van der Waals surface area contributed by atoms with Crippen molar-refractivity contribution in [3.8, 4) is 0 Å². The van der Waals surface area contributed by atoms with Gasteiger partial charge in [-0.3, -0.25) is 19.6 Å². The van der Waals surface area contributed by atoms with Crippen LogP contribution in [0, 0.1) is 0 Å². The van der Waals surface area contributed by atoms with Crippen molar-refractivity contribution in [3.05, 3.63) is 76.1 Å². The number of pyridine rings is 1. The van der Waals surface area contributed by atoms with Gasteiger partial charge in [0.1, 0.15) is 0 Å². The smallest absolute Gasteiger partial charge is 0.351 e. The minimum atomic E-state index is -4.35. The second-order valence-corrected chi connectivity index (χ2v) is 9.96. The van der Waals surface area contributed by atoms with Gasteiger partial charge in [-0.25, -0.2) is 0 Å². The standard InChI is InChI=1S/C27H34F3N5O/c1-19(2)14-24-25-22(18-35(24)17-20-4-6-23(7-5-20)27(28,29)30)15-21(16-32-25)26(36)31-8-9-34-12-10-33(3)11-13-34/h4-7,14-16,24H,8-13,17-18H2,1-3H3,(H,31,36). The first-order valence-electron chi connectivity index (χ1n) is 12.3. The zero-order valence-corrected chi connectivity index (χ0v) is 21.1. The minimum absolute atomic E-state index is 0.0957. The number of piperazine rings is 1. The molecule has 1 atom stereocenters. The molecule has 0 aliphatic carbocycles. The Hall–Kier alpha value is -2.75. The van der Waals surface area contributed by atoms with Gasteiger partial charge in [-0.05, 0) is 50.2 Å². The SMILES string of the molecule is CC(C)=CC1c2ncc(C(=O)NCCN3CCN(C)CC3)cc2CN1Cc1ccc(C(F)(F)F)cc1. The summed E-state index contributed by atoms with van der Waals surface area (Å²) in [4.78, 5) is 24.3. The van der Waals surface area contributed by atoms with Crippen molar-refractivity contribution >= 4 is 5.91 Å². The first kappa shape index (κ1) is 26.3. The molecule has 4 rings (SSSR count). The minimum Gasteiger partial charge on any atom is -0.351 e. The molecule has 2 aliphatic rings. The molecule has 1 aromatic heterocycles. The molecule has 6 nitrogen and oxygen atoms in total. The number of benzene rings is 1. The molecule has 0 bridgehead atoms. The van der Waals surface area contributed by atoms with Crippen LogP contribution in [-0.2, 0) is 19.3 Å². The Morgan fingerprint density at radius 3 is 2.47 bits per heavy atom. The van der Waals surface area contributed by atoms with E-state index in [1.807, 2.05) is 19.9 Å². The van der Waals surface area contributed by atoms with Crippen molar-refractivity contribution in [3.63, 3.8) is 0 Å². The normalized spacial score (nSPS) is 19.2. The van der Waals surface area contributed by atoms with E-state index in [9.17, 15) is 18.0 Å². The number of hydrogen-bond donors (Lipinski definition) is 1. The Labute approximate surface area is 210 Å². The van der Waals surface area contributed by atoms with E-state index in [4.69, 9.17) is 0 Å². The number of alkyl halides is 3. The summed E-state index contributed by atoms with van der Waals surface area (Å²) in [6.45, 7) is 10.6. The van der Waals surface area contributed by atoms with E-state index in [0.717, 1.165) is 67.3 Å². The number of carbonyl (C=O) groups excluding carboxylic acids is 1. The summed E-state index contributed by atoms with van der Waals surface area (Å²) in [6.07, 6.45) is -0.616. The molecule has 1 unspecified atom stereocenters. The highest BCUT2D eigenvalue weighted by Crippen LogP contribution is 2.36. The number of likely N-dealkylation sites (N-methyl/N-ethyl adjacent to an activating group) is 1. The molecule has 194 valence electrons. The molecule has 9 heteroatoms. The number of fused-ring (bicyclic) bond motifs is 1. The highest BCUT2D eigenvalue weighted by Gasteiger charge is 2.32. The Morgan fingerprint density at radius 2 is 1.83 bits per heavy atom. The van der Waals surface area contributed by atoms with Crippen LogP contribution in [0.25, 0.3) is 0 Å². The van der Waals surface area contributed by atoms with E-state index < -0.39 is 11.7 Å². The van der Waals surface area contributed by atoms with Crippen molar-refractivity contribution < 1.29 is 18.0 Å². The second kappa shape index (κ2) is 11.1. The lowest BCUT2D eigenvalue weighted by Crippen LogP contribution is -2.46. The number of carbonyl (C=O) groups is 1. The fraction of sp³-hybridized carbons (Fsp3) is 0.481. The van der Waals surface area contributed by atoms with E-state index in [1.54, 1.807) is 6.20 Å². The average molecular weight is 502 g/mol. The number of allylic oxidation sites excluding steroid dienone is 1. The average Bonchev–Trinajstić information content (AvgIpc) is 3.15. The molecular formula is C27H34F3N5O. The van der Waals surface area contributed by atoms with Gasteiger partial charge in [-0.1, -0.05) is 23.8 Å². The summed E-state index contributed by atoms with van der Waals surface area (Å²) in [5.74, 6) is -0.139. The Bertz CT molecular complexity index is 1090. The Morgan fingerprint density at radius 1 is 1.14 bits per heavy atom. The van der Waals surface area contributed by atoms with Crippen LogP contribution in [0.3, 0.4) is 0 Å². The molecule has 1 aromatic carbocycles. The van der Waals surface area contributed by atoms with Crippen molar-refractivity contribution in [1.82, 2.24) is 25.0 Å². The van der Waals surface area contributed by atoms with Crippen molar-refractivity contribution in [2.75, 3.05) is 46.3 Å². The monoisotopic (exact) mass is 501 g/mol. The number of nitrogens with zero attached hydrogens (tertiary/aromatic N) is 4. The predicted molar refractivity (Wildman–Crippen MR) is 133 cm³/mol. The summed E-state index contributed by atoms with van der Waals surface area (Å²) >= 11 is 0. The number of aromatic nitrogens is 1. The maximum absolute atomic E-state index is 12.9. The Balaban J connectivity index is 1.42. The number of rotatable bonds is 7. The molecule has 0 spiro atoms. The lowest BCUT2D eigenvalue weighted by atomic mass is 10.1. The van der Waals surface area contributed by atoms with Gasteiger partial charge in [0.25, 0.3) is 5.91 Å². The van der Waals surface area contributed by atoms with Crippen LogP contribution >= 0.6 is 0 Å². The van der Waals surface area contributed by atoms with Gasteiger partial charge in [-0.2, -0.15) is 13.2 Å². The van der Waals surface area contributed by atoms with E-state index in [1.165, 1.54) is 12.1 Å². The van der Waals surface area contributed by atoms with Crippen LogP contribution in [0.4, 0.5) is 13.2 Å². The molecule has 2 aromatic rings. The van der Waals surface area contributed by atoms with Gasteiger partial charge in [0.15, 0.2) is 0 Å². The number of nitrogens with one attached hydrogen (secondary N) is 1. The van der Waals surface area contributed by atoms with E-state index in [-0.39, 0.29) is 11.9 Å². The number of hydrogen-bond acceptors (Lipinski definition) is 5. The molecule has 3 heterocycles.